The Kier molecular flexibility index (Phi) is 6.82. The first-order valence-corrected chi connectivity index (χ1v) is 7.89. The van der Waals surface area contributed by atoms with Gasteiger partial charge in [-0.3, -0.25) is 4.79 Å². The van der Waals surface area contributed by atoms with Crippen molar-refractivity contribution in [3.8, 4) is 0 Å². The molecule has 0 unspecified atom stereocenters. The summed E-state index contributed by atoms with van der Waals surface area (Å²) in [4.78, 5) is 12.7. The summed E-state index contributed by atoms with van der Waals surface area (Å²) < 4.78 is 0. The molecule has 0 spiro atoms. The van der Waals surface area contributed by atoms with E-state index < -0.39 is 5.41 Å². The predicted octanol–water partition coefficient (Wildman–Crippen LogP) is 2.77. The zero-order valence-electron chi connectivity index (χ0n) is 12.8. The standard InChI is InChI=1S/C15H29N3O2/c1-3-10-15(11-4-2,13(16)18-20)14(19)17-12-8-6-5-7-9-12/h12,20H,3-11H2,1-2H3,(H2,16,18)(H,17,19). The molecule has 0 atom stereocenters. The molecular weight excluding hydrogens is 254 g/mol. The van der Waals surface area contributed by atoms with Gasteiger partial charge >= 0.3 is 0 Å². The molecule has 1 fully saturated rings. The zero-order chi connectivity index (χ0) is 15.0. The molecule has 1 amide bonds. The summed E-state index contributed by atoms with van der Waals surface area (Å²) >= 11 is 0. The lowest BCUT2D eigenvalue weighted by Crippen LogP contribution is -2.52. The normalized spacial score (nSPS) is 18.0. The van der Waals surface area contributed by atoms with E-state index in [-0.39, 0.29) is 17.8 Å². The van der Waals surface area contributed by atoms with Crippen LogP contribution in [-0.2, 0) is 4.79 Å². The first-order chi connectivity index (χ1) is 9.60. The second kappa shape index (κ2) is 8.12. The van der Waals surface area contributed by atoms with Crippen LogP contribution in [-0.4, -0.2) is 23.0 Å². The van der Waals surface area contributed by atoms with Crippen molar-refractivity contribution >= 4 is 11.7 Å². The van der Waals surface area contributed by atoms with E-state index in [1.807, 2.05) is 13.8 Å². The highest BCUT2D eigenvalue weighted by Gasteiger charge is 2.42. The molecule has 1 aliphatic carbocycles. The molecule has 0 heterocycles. The molecule has 116 valence electrons. The third kappa shape index (κ3) is 3.87. The minimum absolute atomic E-state index is 0.0505. The molecule has 0 aliphatic heterocycles. The number of rotatable bonds is 7. The van der Waals surface area contributed by atoms with Crippen molar-refractivity contribution < 1.29 is 10.0 Å². The molecule has 1 saturated carbocycles. The van der Waals surface area contributed by atoms with E-state index in [0.717, 1.165) is 25.7 Å². The van der Waals surface area contributed by atoms with Crippen LogP contribution in [0.3, 0.4) is 0 Å². The van der Waals surface area contributed by atoms with Gasteiger partial charge in [0.2, 0.25) is 5.91 Å². The van der Waals surface area contributed by atoms with E-state index >= 15 is 0 Å². The van der Waals surface area contributed by atoms with Crippen LogP contribution in [0.4, 0.5) is 0 Å². The fourth-order valence-electron chi connectivity index (χ4n) is 3.24. The van der Waals surface area contributed by atoms with Crippen LogP contribution >= 0.6 is 0 Å². The average Bonchev–Trinajstić information content (AvgIpc) is 2.47. The second-order valence-corrected chi connectivity index (χ2v) is 5.88. The van der Waals surface area contributed by atoms with E-state index in [0.29, 0.717) is 12.8 Å². The summed E-state index contributed by atoms with van der Waals surface area (Å²) in [5.41, 5.74) is 5.02. The summed E-state index contributed by atoms with van der Waals surface area (Å²) in [7, 11) is 0. The molecule has 0 aromatic carbocycles. The van der Waals surface area contributed by atoms with Crippen LogP contribution in [0.25, 0.3) is 0 Å². The van der Waals surface area contributed by atoms with Crippen LogP contribution < -0.4 is 11.1 Å². The number of nitrogens with zero attached hydrogens (tertiary/aromatic N) is 1. The van der Waals surface area contributed by atoms with Crippen LogP contribution in [0.1, 0.15) is 71.6 Å². The number of hydrogen-bond acceptors (Lipinski definition) is 3. The van der Waals surface area contributed by atoms with Gasteiger partial charge in [0.25, 0.3) is 0 Å². The van der Waals surface area contributed by atoms with Gasteiger partial charge in [0, 0.05) is 6.04 Å². The summed E-state index contributed by atoms with van der Waals surface area (Å²) in [5.74, 6) is -0.0158. The minimum atomic E-state index is -0.851. The van der Waals surface area contributed by atoms with E-state index in [1.165, 1.54) is 19.3 Å². The topological polar surface area (TPSA) is 87.7 Å². The maximum atomic E-state index is 12.7. The quantitative estimate of drug-likeness (QED) is 0.290. The average molecular weight is 283 g/mol. The van der Waals surface area contributed by atoms with Crippen LogP contribution in [0.5, 0.6) is 0 Å². The van der Waals surface area contributed by atoms with E-state index in [2.05, 4.69) is 10.5 Å². The molecule has 0 radical (unpaired) electrons. The fraction of sp³-hybridized carbons (Fsp3) is 0.867. The van der Waals surface area contributed by atoms with Gasteiger partial charge in [-0.1, -0.05) is 51.1 Å². The van der Waals surface area contributed by atoms with Gasteiger partial charge in [0.1, 0.15) is 5.41 Å². The Balaban J connectivity index is 2.86. The number of amides is 1. The summed E-state index contributed by atoms with van der Waals surface area (Å²) in [6, 6.07) is 0.246. The lowest BCUT2D eigenvalue weighted by atomic mass is 9.76. The second-order valence-electron chi connectivity index (χ2n) is 5.88. The third-order valence-electron chi connectivity index (χ3n) is 4.33. The van der Waals surface area contributed by atoms with E-state index in [9.17, 15) is 4.79 Å². The minimum Gasteiger partial charge on any atom is -0.409 e. The van der Waals surface area contributed by atoms with Crippen molar-refractivity contribution in [2.24, 2.45) is 16.3 Å². The number of amidine groups is 1. The van der Waals surface area contributed by atoms with Crippen molar-refractivity contribution in [2.75, 3.05) is 0 Å². The Bertz CT molecular complexity index is 330. The first-order valence-electron chi connectivity index (χ1n) is 7.89. The maximum absolute atomic E-state index is 12.7. The lowest BCUT2D eigenvalue weighted by Gasteiger charge is -2.33. The molecule has 0 bridgehead atoms. The molecule has 4 N–H and O–H groups in total. The molecule has 0 saturated heterocycles. The Morgan fingerprint density at radius 1 is 1.25 bits per heavy atom. The Hall–Kier alpha value is -1.26. The Morgan fingerprint density at radius 2 is 1.80 bits per heavy atom. The lowest BCUT2D eigenvalue weighted by molar-refractivity contribution is -0.129. The predicted molar refractivity (Wildman–Crippen MR) is 80.7 cm³/mol. The highest BCUT2D eigenvalue weighted by molar-refractivity contribution is 6.06. The van der Waals surface area contributed by atoms with Gasteiger partial charge in [-0.15, -0.1) is 0 Å². The zero-order valence-corrected chi connectivity index (χ0v) is 12.8. The summed E-state index contributed by atoms with van der Waals surface area (Å²) in [5, 5.41) is 15.3. The Labute approximate surface area is 122 Å². The molecule has 0 aromatic heterocycles. The molecule has 5 heteroatoms. The van der Waals surface area contributed by atoms with Gasteiger partial charge in [-0.25, -0.2) is 0 Å². The molecule has 20 heavy (non-hydrogen) atoms. The molecule has 0 aromatic rings. The highest BCUT2D eigenvalue weighted by Crippen LogP contribution is 2.31. The van der Waals surface area contributed by atoms with Gasteiger partial charge in [-0.2, -0.15) is 0 Å². The largest absolute Gasteiger partial charge is 0.409 e. The van der Waals surface area contributed by atoms with Crippen LogP contribution in [0.15, 0.2) is 5.16 Å². The smallest absolute Gasteiger partial charge is 0.234 e. The van der Waals surface area contributed by atoms with Gasteiger partial charge in [0.05, 0.1) is 0 Å². The van der Waals surface area contributed by atoms with Crippen molar-refractivity contribution in [1.82, 2.24) is 5.32 Å². The monoisotopic (exact) mass is 283 g/mol. The maximum Gasteiger partial charge on any atom is 0.234 e. The summed E-state index contributed by atoms with van der Waals surface area (Å²) in [6.45, 7) is 4.03. The summed E-state index contributed by atoms with van der Waals surface area (Å²) in [6.07, 6.45) is 8.56. The number of nitrogens with one attached hydrogen (secondary N) is 1. The van der Waals surface area contributed by atoms with E-state index in [4.69, 9.17) is 10.9 Å². The first kappa shape index (κ1) is 16.8. The van der Waals surface area contributed by atoms with Crippen LogP contribution in [0.2, 0.25) is 0 Å². The Morgan fingerprint density at radius 3 is 2.25 bits per heavy atom. The number of carbonyl (C=O) groups excluding carboxylic acids is 1. The molecule has 1 aliphatic rings. The van der Waals surface area contributed by atoms with Crippen molar-refractivity contribution in [1.29, 1.82) is 0 Å². The van der Waals surface area contributed by atoms with Crippen molar-refractivity contribution in [3.05, 3.63) is 0 Å². The van der Waals surface area contributed by atoms with Crippen molar-refractivity contribution in [3.63, 3.8) is 0 Å². The fourth-order valence-corrected chi connectivity index (χ4v) is 3.24. The van der Waals surface area contributed by atoms with Crippen LogP contribution in [0, 0.1) is 5.41 Å². The number of nitrogens with two attached hydrogens (primary N) is 1. The van der Waals surface area contributed by atoms with Gasteiger partial charge < -0.3 is 16.3 Å². The number of carbonyl (C=O) groups is 1. The molecular formula is C15H29N3O2. The SMILES string of the molecule is CCCC(CCC)(C(=O)NC1CCCCC1)C(N)=NO. The number of oxime groups is 1. The number of hydrogen-bond donors (Lipinski definition) is 3. The van der Waals surface area contributed by atoms with E-state index in [1.54, 1.807) is 0 Å². The van der Waals surface area contributed by atoms with Gasteiger partial charge in [-0.05, 0) is 25.7 Å². The van der Waals surface area contributed by atoms with Gasteiger partial charge in [0.15, 0.2) is 5.84 Å². The molecule has 1 rings (SSSR count). The third-order valence-corrected chi connectivity index (χ3v) is 4.33. The van der Waals surface area contributed by atoms with Crippen molar-refractivity contribution in [2.45, 2.75) is 77.7 Å². The molecule has 5 nitrogen and oxygen atoms in total. The highest BCUT2D eigenvalue weighted by atomic mass is 16.4.